The normalized spacial score (nSPS) is 15.2. The van der Waals surface area contributed by atoms with E-state index in [0.29, 0.717) is 11.4 Å². The molecule has 1 fully saturated rings. The van der Waals surface area contributed by atoms with E-state index in [9.17, 15) is 0 Å². The van der Waals surface area contributed by atoms with Crippen molar-refractivity contribution in [3.8, 4) is 11.9 Å². The van der Waals surface area contributed by atoms with Crippen molar-refractivity contribution in [3.05, 3.63) is 47.8 Å². The third-order valence-corrected chi connectivity index (χ3v) is 3.98. The number of rotatable bonds is 4. The van der Waals surface area contributed by atoms with E-state index in [0.717, 1.165) is 38.5 Å². The monoisotopic (exact) mass is 309 g/mol. The Bertz CT molecular complexity index is 687. The van der Waals surface area contributed by atoms with Crippen LogP contribution in [0.3, 0.4) is 0 Å². The van der Waals surface area contributed by atoms with Crippen molar-refractivity contribution >= 4 is 5.82 Å². The fraction of sp³-hybridized carbons (Fsp3) is 0.353. The van der Waals surface area contributed by atoms with Gasteiger partial charge in [0.1, 0.15) is 5.82 Å². The number of hydrogen-bond acceptors (Lipinski definition) is 6. The molecule has 0 unspecified atom stereocenters. The highest BCUT2D eigenvalue weighted by atomic mass is 16.5. The minimum Gasteiger partial charge on any atom is -0.481 e. The molecule has 6 heteroatoms. The van der Waals surface area contributed by atoms with E-state index in [-0.39, 0.29) is 0 Å². The standard InChI is InChI=1S/C17H19N5O/c1-23-17-3-2-15(12-20-17)13-21-6-8-22(9-7-21)16-10-14(11-18)4-5-19-16/h2-5,10,12H,6-9,13H2,1H3. The Hall–Kier alpha value is -2.65. The highest BCUT2D eigenvalue weighted by molar-refractivity contribution is 5.45. The molecule has 1 aliphatic heterocycles. The minimum absolute atomic E-state index is 0.641. The van der Waals surface area contributed by atoms with Gasteiger partial charge in [0.25, 0.3) is 0 Å². The molecular formula is C17H19N5O. The molecule has 0 N–H and O–H groups in total. The maximum absolute atomic E-state index is 8.98. The van der Waals surface area contributed by atoms with Crippen LogP contribution in [0.4, 0.5) is 5.82 Å². The summed E-state index contributed by atoms with van der Waals surface area (Å²) in [5.41, 5.74) is 1.84. The van der Waals surface area contributed by atoms with Gasteiger partial charge in [0, 0.05) is 51.2 Å². The summed E-state index contributed by atoms with van der Waals surface area (Å²) in [5, 5.41) is 8.98. The minimum atomic E-state index is 0.641. The fourth-order valence-corrected chi connectivity index (χ4v) is 2.68. The molecule has 2 aromatic rings. The van der Waals surface area contributed by atoms with E-state index in [1.165, 1.54) is 5.56 Å². The molecule has 23 heavy (non-hydrogen) atoms. The number of aromatic nitrogens is 2. The molecule has 1 saturated heterocycles. The Balaban J connectivity index is 1.56. The van der Waals surface area contributed by atoms with Crippen molar-refractivity contribution in [1.82, 2.24) is 14.9 Å². The van der Waals surface area contributed by atoms with Gasteiger partial charge in [0.15, 0.2) is 0 Å². The number of methoxy groups -OCH3 is 1. The summed E-state index contributed by atoms with van der Waals surface area (Å²) in [4.78, 5) is 13.2. The van der Waals surface area contributed by atoms with Gasteiger partial charge in [-0.05, 0) is 17.7 Å². The summed E-state index contributed by atoms with van der Waals surface area (Å²) in [6.07, 6.45) is 3.56. The zero-order chi connectivity index (χ0) is 16.1. The largest absolute Gasteiger partial charge is 0.481 e. The van der Waals surface area contributed by atoms with Crippen LogP contribution in [0.25, 0.3) is 0 Å². The second-order valence-corrected chi connectivity index (χ2v) is 5.49. The van der Waals surface area contributed by atoms with E-state index in [2.05, 4.69) is 31.9 Å². The van der Waals surface area contributed by atoms with Crippen LogP contribution in [0.15, 0.2) is 36.7 Å². The molecule has 0 aliphatic carbocycles. The van der Waals surface area contributed by atoms with E-state index in [1.807, 2.05) is 18.3 Å². The Kier molecular flexibility index (Phi) is 4.69. The first-order valence-corrected chi connectivity index (χ1v) is 7.61. The first-order chi connectivity index (χ1) is 11.3. The third kappa shape index (κ3) is 3.76. The van der Waals surface area contributed by atoms with Gasteiger partial charge in [0.2, 0.25) is 5.88 Å². The van der Waals surface area contributed by atoms with Crippen molar-refractivity contribution in [1.29, 1.82) is 5.26 Å². The fourth-order valence-electron chi connectivity index (χ4n) is 2.68. The average Bonchev–Trinajstić information content (AvgIpc) is 2.63. The van der Waals surface area contributed by atoms with Crippen molar-refractivity contribution in [3.63, 3.8) is 0 Å². The van der Waals surface area contributed by atoms with Crippen LogP contribution >= 0.6 is 0 Å². The molecule has 0 aromatic carbocycles. The number of anilines is 1. The van der Waals surface area contributed by atoms with Gasteiger partial charge in [-0.15, -0.1) is 0 Å². The highest BCUT2D eigenvalue weighted by Crippen LogP contribution is 2.16. The number of piperazine rings is 1. The first kappa shape index (κ1) is 15.3. The maximum Gasteiger partial charge on any atom is 0.212 e. The Morgan fingerprint density at radius 3 is 2.65 bits per heavy atom. The summed E-state index contributed by atoms with van der Waals surface area (Å²) in [6.45, 7) is 4.63. The summed E-state index contributed by atoms with van der Waals surface area (Å²) >= 11 is 0. The number of pyridine rings is 2. The summed E-state index contributed by atoms with van der Waals surface area (Å²) in [6, 6.07) is 9.69. The molecule has 1 aliphatic rings. The lowest BCUT2D eigenvalue weighted by Crippen LogP contribution is -2.46. The van der Waals surface area contributed by atoms with Crippen molar-refractivity contribution in [2.75, 3.05) is 38.2 Å². The highest BCUT2D eigenvalue weighted by Gasteiger charge is 2.18. The molecule has 3 rings (SSSR count). The molecule has 0 spiro atoms. The second kappa shape index (κ2) is 7.07. The van der Waals surface area contributed by atoms with Crippen molar-refractivity contribution in [2.45, 2.75) is 6.54 Å². The first-order valence-electron chi connectivity index (χ1n) is 7.61. The van der Waals surface area contributed by atoms with Crippen molar-refractivity contribution < 1.29 is 4.74 Å². The van der Waals surface area contributed by atoms with Crippen LogP contribution in [-0.2, 0) is 6.54 Å². The van der Waals surface area contributed by atoms with Crippen LogP contribution in [-0.4, -0.2) is 48.2 Å². The predicted molar refractivity (Wildman–Crippen MR) is 87.2 cm³/mol. The van der Waals surface area contributed by atoms with Crippen LogP contribution in [0.2, 0.25) is 0 Å². The smallest absolute Gasteiger partial charge is 0.212 e. The van der Waals surface area contributed by atoms with Gasteiger partial charge in [0.05, 0.1) is 18.7 Å². The number of nitrogens with zero attached hydrogens (tertiary/aromatic N) is 5. The van der Waals surface area contributed by atoms with Crippen LogP contribution in [0.1, 0.15) is 11.1 Å². The quantitative estimate of drug-likeness (QED) is 0.856. The third-order valence-electron chi connectivity index (χ3n) is 3.98. The topological polar surface area (TPSA) is 65.3 Å². The number of hydrogen-bond donors (Lipinski definition) is 0. The van der Waals surface area contributed by atoms with E-state index < -0.39 is 0 Å². The van der Waals surface area contributed by atoms with Gasteiger partial charge in [-0.25, -0.2) is 9.97 Å². The SMILES string of the molecule is COc1ccc(CN2CCN(c3cc(C#N)ccn3)CC2)cn1. The Labute approximate surface area is 136 Å². The molecule has 0 radical (unpaired) electrons. The number of ether oxygens (including phenoxy) is 1. The van der Waals surface area contributed by atoms with E-state index >= 15 is 0 Å². The van der Waals surface area contributed by atoms with Gasteiger partial charge < -0.3 is 9.64 Å². The average molecular weight is 309 g/mol. The van der Waals surface area contributed by atoms with Crippen LogP contribution in [0.5, 0.6) is 5.88 Å². The molecular weight excluding hydrogens is 290 g/mol. The van der Waals surface area contributed by atoms with E-state index in [1.54, 1.807) is 19.4 Å². The van der Waals surface area contributed by atoms with Gasteiger partial charge in [-0.1, -0.05) is 6.07 Å². The molecule has 0 bridgehead atoms. The van der Waals surface area contributed by atoms with Gasteiger partial charge in [-0.2, -0.15) is 5.26 Å². The van der Waals surface area contributed by atoms with Crippen LogP contribution < -0.4 is 9.64 Å². The summed E-state index contributed by atoms with van der Waals surface area (Å²) in [5.74, 6) is 1.52. The van der Waals surface area contributed by atoms with E-state index in [4.69, 9.17) is 10.00 Å². The zero-order valence-corrected chi connectivity index (χ0v) is 13.1. The lowest BCUT2D eigenvalue weighted by molar-refractivity contribution is 0.249. The lowest BCUT2D eigenvalue weighted by Gasteiger charge is -2.35. The maximum atomic E-state index is 8.98. The van der Waals surface area contributed by atoms with Gasteiger partial charge in [-0.3, -0.25) is 4.90 Å². The molecule has 2 aromatic heterocycles. The predicted octanol–water partition coefficient (Wildman–Crippen LogP) is 1.68. The molecule has 6 nitrogen and oxygen atoms in total. The molecule has 0 amide bonds. The second-order valence-electron chi connectivity index (χ2n) is 5.49. The lowest BCUT2D eigenvalue weighted by atomic mass is 10.2. The Morgan fingerprint density at radius 1 is 1.17 bits per heavy atom. The molecule has 0 atom stereocenters. The molecule has 3 heterocycles. The zero-order valence-electron chi connectivity index (χ0n) is 13.1. The van der Waals surface area contributed by atoms with Crippen LogP contribution in [0, 0.1) is 11.3 Å². The van der Waals surface area contributed by atoms with Gasteiger partial charge >= 0.3 is 0 Å². The number of nitriles is 1. The summed E-state index contributed by atoms with van der Waals surface area (Å²) in [7, 11) is 1.62. The van der Waals surface area contributed by atoms with Crippen molar-refractivity contribution in [2.24, 2.45) is 0 Å². The molecule has 118 valence electrons. The Morgan fingerprint density at radius 2 is 2.00 bits per heavy atom. The molecule has 0 saturated carbocycles. The summed E-state index contributed by atoms with van der Waals surface area (Å²) < 4.78 is 5.08.